The molecular weight excluding hydrogens is 190 g/mol. The van der Waals surface area contributed by atoms with Gasteiger partial charge in [0.05, 0.1) is 12.0 Å². The molecule has 0 aromatic rings. The van der Waals surface area contributed by atoms with Crippen LogP contribution in [-0.2, 0) is 0 Å². The molecule has 4 heteroatoms. The molecule has 0 unspecified atom stereocenters. The fraction of sp³-hybridized carbons (Fsp3) is 0.636. The van der Waals surface area contributed by atoms with Crippen molar-refractivity contribution in [1.29, 1.82) is 5.26 Å². The van der Waals surface area contributed by atoms with Crippen LogP contribution in [0, 0.1) is 17.2 Å². The van der Waals surface area contributed by atoms with Crippen molar-refractivity contribution in [2.24, 2.45) is 5.92 Å². The van der Waals surface area contributed by atoms with Crippen LogP contribution in [0.4, 0.5) is 4.79 Å². The second-order valence-corrected chi connectivity index (χ2v) is 3.51. The summed E-state index contributed by atoms with van der Waals surface area (Å²) in [5.74, 6) is -0.157. The number of carbonyl (C=O) groups excluding carboxylic acids is 1. The molecule has 0 heterocycles. The number of nitrogens with zero attached hydrogens (tertiary/aromatic N) is 1. The van der Waals surface area contributed by atoms with E-state index in [-0.39, 0.29) is 18.0 Å². The Balaban J connectivity index is 3.81. The lowest BCUT2D eigenvalue weighted by atomic mass is 10.1. The molecule has 0 aliphatic heterocycles. The minimum absolute atomic E-state index is 0.125. The van der Waals surface area contributed by atoms with Gasteiger partial charge in [0.15, 0.2) is 0 Å². The molecule has 15 heavy (non-hydrogen) atoms. The molecule has 0 rings (SSSR count). The molecule has 0 aromatic carbocycles. The highest BCUT2D eigenvalue weighted by Crippen LogP contribution is 1.97. The van der Waals surface area contributed by atoms with E-state index in [2.05, 4.69) is 23.3 Å². The van der Waals surface area contributed by atoms with Crippen molar-refractivity contribution in [3.05, 3.63) is 12.7 Å². The minimum atomic E-state index is -0.217. The second-order valence-electron chi connectivity index (χ2n) is 3.51. The summed E-state index contributed by atoms with van der Waals surface area (Å²) < 4.78 is 0. The minimum Gasteiger partial charge on any atom is -0.337 e. The first-order chi connectivity index (χ1) is 7.13. The summed E-state index contributed by atoms with van der Waals surface area (Å²) in [6.45, 7) is 7.78. The van der Waals surface area contributed by atoms with Crippen molar-refractivity contribution in [3.63, 3.8) is 0 Å². The maximum Gasteiger partial charge on any atom is 0.315 e. The predicted molar refractivity (Wildman–Crippen MR) is 60.2 cm³/mol. The maximum atomic E-state index is 11.3. The number of nitrogens with one attached hydrogen (secondary N) is 2. The molecule has 0 spiro atoms. The molecule has 4 nitrogen and oxygen atoms in total. The standard InChI is InChI=1S/C11H19N3O/c1-4-6-10(5-2)14-11(15)13-8-9(3)7-12/h4,9-10H,1,5-6,8H2,2-3H3,(H2,13,14,15)/t9-,10-/m1/s1. The average molecular weight is 209 g/mol. The van der Waals surface area contributed by atoms with E-state index in [9.17, 15) is 4.79 Å². The van der Waals surface area contributed by atoms with Gasteiger partial charge in [0.1, 0.15) is 0 Å². The molecule has 0 fully saturated rings. The smallest absolute Gasteiger partial charge is 0.315 e. The van der Waals surface area contributed by atoms with E-state index in [1.807, 2.05) is 6.92 Å². The van der Waals surface area contributed by atoms with E-state index in [4.69, 9.17) is 5.26 Å². The van der Waals surface area contributed by atoms with Crippen LogP contribution in [-0.4, -0.2) is 18.6 Å². The quantitative estimate of drug-likeness (QED) is 0.655. The summed E-state index contributed by atoms with van der Waals surface area (Å²) >= 11 is 0. The van der Waals surface area contributed by atoms with Crippen molar-refractivity contribution in [1.82, 2.24) is 10.6 Å². The Morgan fingerprint density at radius 1 is 1.67 bits per heavy atom. The van der Waals surface area contributed by atoms with Crippen molar-refractivity contribution in [2.45, 2.75) is 32.7 Å². The average Bonchev–Trinajstić information content (AvgIpc) is 2.25. The summed E-state index contributed by atoms with van der Waals surface area (Å²) in [4.78, 5) is 11.3. The third kappa shape index (κ3) is 6.55. The van der Waals surface area contributed by atoms with Gasteiger partial charge >= 0.3 is 6.03 Å². The zero-order valence-electron chi connectivity index (χ0n) is 9.42. The maximum absolute atomic E-state index is 11.3. The monoisotopic (exact) mass is 209 g/mol. The molecule has 84 valence electrons. The first-order valence-corrected chi connectivity index (χ1v) is 5.18. The van der Waals surface area contributed by atoms with Crippen LogP contribution in [0.1, 0.15) is 26.7 Å². The number of nitriles is 1. The first-order valence-electron chi connectivity index (χ1n) is 5.18. The van der Waals surface area contributed by atoms with Gasteiger partial charge in [-0.1, -0.05) is 13.0 Å². The number of hydrogen-bond donors (Lipinski definition) is 2. The molecule has 2 atom stereocenters. The van der Waals surface area contributed by atoms with Crippen LogP contribution in [0.3, 0.4) is 0 Å². The topological polar surface area (TPSA) is 64.9 Å². The Kier molecular flexibility index (Phi) is 7.08. The lowest BCUT2D eigenvalue weighted by Crippen LogP contribution is -2.42. The predicted octanol–water partition coefficient (Wildman–Crippen LogP) is 1.80. The molecule has 0 radical (unpaired) electrons. The highest BCUT2D eigenvalue weighted by Gasteiger charge is 2.08. The molecule has 0 bridgehead atoms. The van der Waals surface area contributed by atoms with Gasteiger partial charge in [-0.05, 0) is 19.8 Å². The highest BCUT2D eigenvalue weighted by molar-refractivity contribution is 5.74. The second kappa shape index (κ2) is 7.86. The van der Waals surface area contributed by atoms with Crippen molar-refractivity contribution in [2.75, 3.05) is 6.54 Å². The van der Waals surface area contributed by atoms with E-state index in [0.717, 1.165) is 12.8 Å². The molecule has 2 amide bonds. The van der Waals surface area contributed by atoms with E-state index >= 15 is 0 Å². The van der Waals surface area contributed by atoms with Gasteiger partial charge in [-0.15, -0.1) is 6.58 Å². The van der Waals surface area contributed by atoms with Gasteiger partial charge in [0.25, 0.3) is 0 Å². The van der Waals surface area contributed by atoms with Gasteiger partial charge in [0, 0.05) is 12.6 Å². The van der Waals surface area contributed by atoms with Crippen molar-refractivity contribution >= 4 is 6.03 Å². The summed E-state index contributed by atoms with van der Waals surface area (Å²) in [5.41, 5.74) is 0. The third-order valence-electron chi connectivity index (χ3n) is 2.07. The lowest BCUT2D eigenvalue weighted by Gasteiger charge is -2.15. The Morgan fingerprint density at radius 3 is 2.80 bits per heavy atom. The van der Waals surface area contributed by atoms with Crippen molar-refractivity contribution in [3.8, 4) is 6.07 Å². The van der Waals surface area contributed by atoms with Crippen LogP contribution >= 0.6 is 0 Å². The van der Waals surface area contributed by atoms with E-state index in [0.29, 0.717) is 6.54 Å². The molecule has 0 aliphatic carbocycles. The first kappa shape index (κ1) is 13.5. The normalized spacial score (nSPS) is 13.4. The van der Waals surface area contributed by atoms with Gasteiger partial charge in [-0.2, -0.15) is 5.26 Å². The van der Waals surface area contributed by atoms with Gasteiger partial charge in [-0.3, -0.25) is 0 Å². The summed E-state index contributed by atoms with van der Waals surface area (Å²) in [6, 6.07) is 1.96. The SMILES string of the molecule is C=CC[C@@H](CC)NC(=O)NC[C@H](C)C#N. The highest BCUT2D eigenvalue weighted by atomic mass is 16.2. The lowest BCUT2D eigenvalue weighted by molar-refractivity contribution is 0.236. The summed E-state index contributed by atoms with van der Waals surface area (Å²) in [5, 5.41) is 14.0. The fourth-order valence-electron chi connectivity index (χ4n) is 1.06. The van der Waals surface area contributed by atoms with Gasteiger partial charge < -0.3 is 10.6 Å². The van der Waals surface area contributed by atoms with Crippen LogP contribution < -0.4 is 10.6 Å². The largest absolute Gasteiger partial charge is 0.337 e. The van der Waals surface area contributed by atoms with Gasteiger partial charge in [0.2, 0.25) is 0 Å². The number of amides is 2. The molecule has 2 N–H and O–H groups in total. The van der Waals surface area contributed by atoms with E-state index in [1.54, 1.807) is 13.0 Å². The Morgan fingerprint density at radius 2 is 2.33 bits per heavy atom. The zero-order chi connectivity index (χ0) is 11.7. The van der Waals surface area contributed by atoms with Crippen LogP contribution in [0.2, 0.25) is 0 Å². The number of rotatable bonds is 6. The van der Waals surface area contributed by atoms with E-state index < -0.39 is 0 Å². The molecule has 0 saturated carbocycles. The van der Waals surface area contributed by atoms with Crippen LogP contribution in [0.15, 0.2) is 12.7 Å². The number of hydrogen-bond acceptors (Lipinski definition) is 2. The van der Waals surface area contributed by atoms with Crippen LogP contribution in [0.5, 0.6) is 0 Å². The molecule has 0 aromatic heterocycles. The Bertz CT molecular complexity index is 245. The molecule has 0 aliphatic rings. The number of urea groups is 1. The Hall–Kier alpha value is -1.50. The number of carbonyl (C=O) groups is 1. The van der Waals surface area contributed by atoms with Crippen molar-refractivity contribution < 1.29 is 4.79 Å². The Labute approximate surface area is 91.4 Å². The molecular formula is C11H19N3O. The molecule has 0 saturated heterocycles. The summed E-state index contributed by atoms with van der Waals surface area (Å²) in [7, 11) is 0. The van der Waals surface area contributed by atoms with E-state index in [1.165, 1.54) is 0 Å². The zero-order valence-corrected chi connectivity index (χ0v) is 9.42. The fourth-order valence-corrected chi connectivity index (χ4v) is 1.06. The summed E-state index contributed by atoms with van der Waals surface area (Å²) in [6.07, 6.45) is 3.41. The third-order valence-corrected chi connectivity index (χ3v) is 2.07. The van der Waals surface area contributed by atoms with Gasteiger partial charge in [-0.25, -0.2) is 4.79 Å². The van der Waals surface area contributed by atoms with Crippen LogP contribution in [0.25, 0.3) is 0 Å².